The topological polar surface area (TPSA) is 120 Å². The highest BCUT2D eigenvalue weighted by molar-refractivity contribution is 6.33. The number of benzene rings is 2. The van der Waals surface area contributed by atoms with Crippen LogP contribution in [0, 0.1) is 5.92 Å². The van der Waals surface area contributed by atoms with E-state index in [-0.39, 0.29) is 24.5 Å². The van der Waals surface area contributed by atoms with Crippen molar-refractivity contribution in [1.29, 1.82) is 0 Å². The van der Waals surface area contributed by atoms with Gasteiger partial charge in [-0.25, -0.2) is 4.98 Å². The number of aromatic amines is 1. The van der Waals surface area contributed by atoms with Crippen LogP contribution >= 0.6 is 11.6 Å². The van der Waals surface area contributed by atoms with Crippen molar-refractivity contribution in [3.05, 3.63) is 65.2 Å². The largest absolute Gasteiger partial charge is 0.461 e. The first-order valence-electron chi connectivity index (χ1n) is 11.9. The Morgan fingerprint density at radius 2 is 1.75 bits per heavy atom. The van der Waals surface area contributed by atoms with Crippen LogP contribution in [0.4, 0.5) is 0 Å². The van der Waals surface area contributed by atoms with Gasteiger partial charge >= 0.3 is 0 Å². The van der Waals surface area contributed by atoms with E-state index >= 15 is 0 Å². The summed E-state index contributed by atoms with van der Waals surface area (Å²) in [7, 11) is 1.61. The highest BCUT2D eigenvalue weighted by Gasteiger charge is 2.30. The van der Waals surface area contributed by atoms with Crippen molar-refractivity contribution < 1.29 is 19.7 Å². The number of fused-ring (bicyclic) bond motifs is 1. The molecule has 1 saturated carbocycles. The van der Waals surface area contributed by atoms with Crippen molar-refractivity contribution in [2.45, 2.75) is 31.5 Å². The molecule has 2 aromatic heterocycles. The van der Waals surface area contributed by atoms with Crippen molar-refractivity contribution in [3.8, 4) is 28.4 Å². The monoisotopic (exact) mass is 506 g/mol. The predicted octanol–water partition coefficient (Wildman–Crippen LogP) is 4.21. The molecule has 36 heavy (non-hydrogen) atoms. The van der Waals surface area contributed by atoms with Crippen molar-refractivity contribution in [3.63, 3.8) is 0 Å². The molecule has 1 amide bonds. The lowest BCUT2D eigenvalue weighted by molar-refractivity contribution is -0.0113. The van der Waals surface area contributed by atoms with Gasteiger partial charge < -0.3 is 25.3 Å². The number of H-pyrrole nitrogens is 1. The lowest BCUT2D eigenvalue weighted by atomic mass is 9.85. The van der Waals surface area contributed by atoms with Crippen LogP contribution in [0.1, 0.15) is 29.6 Å². The highest BCUT2D eigenvalue weighted by Crippen LogP contribution is 2.32. The number of ether oxygens (including phenoxy) is 1. The van der Waals surface area contributed by atoms with Gasteiger partial charge in [0, 0.05) is 37.1 Å². The zero-order valence-corrected chi connectivity index (χ0v) is 20.5. The van der Waals surface area contributed by atoms with Crippen molar-refractivity contribution in [1.82, 2.24) is 20.3 Å². The number of imidazole rings is 1. The molecule has 5 rings (SSSR count). The van der Waals surface area contributed by atoms with E-state index in [0.29, 0.717) is 46.3 Å². The first kappa shape index (κ1) is 24.2. The average molecular weight is 507 g/mol. The van der Waals surface area contributed by atoms with Gasteiger partial charge in [-0.05, 0) is 42.2 Å². The summed E-state index contributed by atoms with van der Waals surface area (Å²) in [5, 5.41) is 22.6. The summed E-state index contributed by atoms with van der Waals surface area (Å²) in [6.07, 6.45) is 1.11. The third kappa shape index (κ3) is 4.93. The van der Waals surface area contributed by atoms with E-state index in [2.05, 4.69) is 20.3 Å². The number of amides is 1. The normalized spacial score (nSPS) is 19.8. The molecule has 4 aromatic rings. The Morgan fingerprint density at radius 3 is 2.39 bits per heavy atom. The number of rotatable bonds is 6. The van der Waals surface area contributed by atoms with E-state index in [1.54, 1.807) is 25.2 Å². The number of aromatic nitrogens is 3. The van der Waals surface area contributed by atoms with Crippen LogP contribution in [0.2, 0.25) is 5.02 Å². The van der Waals surface area contributed by atoms with Gasteiger partial charge in [-0.15, -0.1) is 0 Å². The predicted molar refractivity (Wildman–Crippen MR) is 138 cm³/mol. The van der Waals surface area contributed by atoms with Gasteiger partial charge in [0.1, 0.15) is 6.10 Å². The molecule has 0 saturated heterocycles. The summed E-state index contributed by atoms with van der Waals surface area (Å²) in [5.74, 6) is -0.219. The van der Waals surface area contributed by atoms with E-state index in [0.717, 1.165) is 23.1 Å². The van der Waals surface area contributed by atoms with E-state index < -0.39 is 6.10 Å². The van der Waals surface area contributed by atoms with Gasteiger partial charge in [-0.2, -0.15) is 4.98 Å². The molecule has 186 valence electrons. The quantitative estimate of drug-likeness (QED) is 0.311. The Kier molecular flexibility index (Phi) is 6.91. The van der Waals surface area contributed by atoms with Crippen molar-refractivity contribution in [2.75, 3.05) is 13.7 Å². The molecule has 0 unspecified atom stereocenters. The van der Waals surface area contributed by atoms with Crippen LogP contribution in [0.25, 0.3) is 33.5 Å². The third-order valence-electron chi connectivity index (χ3n) is 6.69. The number of nitrogens with one attached hydrogen (secondary N) is 2. The lowest BCUT2D eigenvalue weighted by Gasteiger charge is -2.31. The zero-order valence-electron chi connectivity index (χ0n) is 19.7. The molecule has 1 fully saturated rings. The van der Waals surface area contributed by atoms with Crippen LogP contribution in [0.15, 0.2) is 54.6 Å². The van der Waals surface area contributed by atoms with Crippen LogP contribution in [-0.4, -0.2) is 56.9 Å². The maximum absolute atomic E-state index is 11.8. The number of carbonyl (C=O) groups is 1. The van der Waals surface area contributed by atoms with Crippen LogP contribution < -0.4 is 10.1 Å². The molecule has 0 bridgehead atoms. The molecule has 2 aromatic carbocycles. The number of aliphatic hydroxyl groups excluding tert-OH is 2. The Hall–Kier alpha value is -3.46. The first-order valence-corrected chi connectivity index (χ1v) is 12.3. The summed E-state index contributed by atoms with van der Waals surface area (Å²) in [4.78, 5) is 24.0. The Bertz CT molecular complexity index is 1370. The van der Waals surface area contributed by atoms with Crippen molar-refractivity contribution >= 4 is 28.7 Å². The molecule has 0 radical (unpaired) electrons. The minimum atomic E-state index is -0.589. The molecular formula is C27H27ClN4O4. The molecule has 4 N–H and O–H groups in total. The van der Waals surface area contributed by atoms with Gasteiger partial charge in [-0.3, -0.25) is 4.79 Å². The van der Waals surface area contributed by atoms with Crippen LogP contribution in [0.3, 0.4) is 0 Å². The average Bonchev–Trinajstić information content (AvgIpc) is 3.29. The first-order chi connectivity index (χ1) is 17.4. The van der Waals surface area contributed by atoms with Gasteiger partial charge in [0.25, 0.3) is 11.9 Å². The number of hydrogen-bond donors (Lipinski definition) is 4. The summed E-state index contributed by atoms with van der Waals surface area (Å²) >= 11 is 6.56. The smallest absolute Gasteiger partial charge is 0.296 e. The number of hydrogen-bond acceptors (Lipinski definition) is 6. The van der Waals surface area contributed by atoms with Crippen LogP contribution in [-0.2, 0) is 0 Å². The fourth-order valence-electron chi connectivity index (χ4n) is 4.58. The molecule has 3 atom stereocenters. The molecular weight excluding hydrogens is 480 g/mol. The standard InChI is InChI=1S/C27H27ClN4O4/c1-29-26(35)18-8-4-16(5-9-18)15-2-6-17(7-3-15)24-21(28)13-22-25(31-24)32-27(30-22)36-20-11-10-19(14-33)23(34)12-20/h2-9,13,19-20,23,33-34H,10-12,14H2,1H3,(H,29,35)(H,30,31,32)/t19-,20+,23+/m1/s1. The van der Waals surface area contributed by atoms with Crippen LogP contribution in [0.5, 0.6) is 6.01 Å². The fourth-order valence-corrected chi connectivity index (χ4v) is 4.84. The number of halogens is 1. The summed E-state index contributed by atoms with van der Waals surface area (Å²) in [6.45, 7) is -0.0192. The second-order valence-corrected chi connectivity index (χ2v) is 9.44. The minimum Gasteiger partial charge on any atom is -0.461 e. The Morgan fingerprint density at radius 1 is 1.08 bits per heavy atom. The Balaban J connectivity index is 1.34. The zero-order chi connectivity index (χ0) is 25.2. The second kappa shape index (κ2) is 10.3. The molecule has 9 heteroatoms. The number of nitrogens with zero attached hydrogens (tertiary/aromatic N) is 2. The molecule has 1 aliphatic carbocycles. The Labute approximate surface area is 213 Å². The minimum absolute atomic E-state index is 0.0192. The number of pyridine rings is 1. The van der Waals surface area contributed by atoms with E-state index in [1.807, 2.05) is 36.4 Å². The van der Waals surface area contributed by atoms with Gasteiger partial charge in [-0.1, -0.05) is 48.0 Å². The SMILES string of the molecule is CNC(=O)c1ccc(-c2ccc(-c3nc4nc(O[C@H]5CC[C@H](CO)[C@@H](O)C5)[nH]c4cc3Cl)cc2)cc1. The van der Waals surface area contributed by atoms with Gasteiger partial charge in [0.2, 0.25) is 0 Å². The second-order valence-electron chi connectivity index (χ2n) is 9.03. The van der Waals surface area contributed by atoms with Gasteiger partial charge in [0.15, 0.2) is 5.65 Å². The summed E-state index contributed by atoms with van der Waals surface area (Å²) in [5.41, 5.74) is 5.23. The third-order valence-corrected chi connectivity index (χ3v) is 6.98. The van der Waals surface area contributed by atoms with E-state index in [1.165, 1.54) is 0 Å². The van der Waals surface area contributed by atoms with Gasteiger partial charge in [0.05, 0.1) is 22.3 Å². The molecule has 8 nitrogen and oxygen atoms in total. The highest BCUT2D eigenvalue weighted by atomic mass is 35.5. The fraction of sp³-hybridized carbons (Fsp3) is 0.296. The van der Waals surface area contributed by atoms with Crippen molar-refractivity contribution in [2.24, 2.45) is 5.92 Å². The van der Waals surface area contributed by atoms with E-state index in [9.17, 15) is 15.0 Å². The summed E-state index contributed by atoms with van der Waals surface area (Å²) in [6, 6.07) is 17.4. The number of carbonyl (C=O) groups excluding carboxylic acids is 1. The maximum Gasteiger partial charge on any atom is 0.296 e. The maximum atomic E-state index is 11.8. The summed E-state index contributed by atoms with van der Waals surface area (Å²) < 4.78 is 5.97. The number of aliphatic hydroxyl groups is 2. The molecule has 0 aliphatic heterocycles. The molecule has 1 aliphatic rings. The molecule has 2 heterocycles. The molecule has 0 spiro atoms. The van der Waals surface area contributed by atoms with E-state index in [4.69, 9.17) is 16.3 Å². The lowest BCUT2D eigenvalue weighted by Crippen LogP contribution is -2.36.